The topological polar surface area (TPSA) is 12.6 Å². The van der Waals surface area contributed by atoms with Gasteiger partial charge in [0.2, 0.25) is 0 Å². The molecule has 0 fully saturated rings. The minimum atomic E-state index is 1.10. The van der Waals surface area contributed by atoms with Gasteiger partial charge in [0.15, 0.2) is 0 Å². The van der Waals surface area contributed by atoms with Gasteiger partial charge in [0, 0.05) is 49.4 Å². The van der Waals surface area contributed by atoms with Crippen molar-refractivity contribution in [1.29, 1.82) is 0 Å². The highest BCUT2D eigenvalue weighted by Gasteiger charge is 2.23. The van der Waals surface area contributed by atoms with Gasteiger partial charge >= 0.3 is 0 Å². The van der Waals surface area contributed by atoms with Crippen LogP contribution in [0.4, 0.5) is 17.1 Å². The van der Waals surface area contributed by atoms with Crippen molar-refractivity contribution in [3.63, 3.8) is 0 Å². The summed E-state index contributed by atoms with van der Waals surface area (Å²) in [5.74, 6) is 0. The van der Waals surface area contributed by atoms with E-state index in [9.17, 15) is 0 Å². The summed E-state index contributed by atoms with van der Waals surface area (Å²) in [6.07, 6.45) is 0. The Morgan fingerprint density at radius 1 is 0.286 bits per heavy atom. The fourth-order valence-electron chi connectivity index (χ4n) is 10.2. The Kier molecular flexibility index (Phi) is 7.91. The Morgan fingerprint density at radius 2 is 0.746 bits per heavy atom. The predicted molar refractivity (Wildman–Crippen MR) is 266 cm³/mol. The van der Waals surface area contributed by atoms with Crippen LogP contribution in [0.2, 0.25) is 0 Å². The molecule has 0 bridgehead atoms. The molecule has 10 aromatic carbocycles. The lowest BCUT2D eigenvalue weighted by molar-refractivity contribution is 1.18. The summed E-state index contributed by atoms with van der Waals surface area (Å²) in [7, 11) is 0. The van der Waals surface area contributed by atoms with E-state index in [1.54, 1.807) is 0 Å². The maximum Gasteiger partial charge on any atom is 0.0621 e. The van der Waals surface area contributed by atoms with E-state index in [-0.39, 0.29) is 0 Å². The molecule has 3 heterocycles. The van der Waals surface area contributed by atoms with Gasteiger partial charge in [0.1, 0.15) is 0 Å². The van der Waals surface area contributed by atoms with E-state index in [1.807, 2.05) is 0 Å². The minimum Gasteiger partial charge on any atom is -0.310 e. The molecule has 0 aliphatic heterocycles. The molecule has 0 radical (unpaired) electrons. The molecule has 0 saturated heterocycles. The maximum absolute atomic E-state index is 2.46. The predicted octanol–water partition coefficient (Wildman–Crippen LogP) is 16.4. The molecule has 0 unspecified atom stereocenters. The lowest BCUT2D eigenvalue weighted by Gasteiger charge is -2.27. The second kappa shape index (κ2) is 14.1. The van der Waals surface area contributed by atoms with Crippen LogP contribution in [0, 0.1) is 0 Å². The van der Waals surface area contributed by atoms with Crippen molar-refractivity contribution in [2.45, 2.75) is 0 Å². The van der Waals surface area contributed by atoms with E-state index in [1.165, 1.54) is 93.3 Å². The molecule has 0 aliphatic rings. The number of para-hydroxylation sites is 3. The van der Waals surface area contributed by atoms with Gasteiger partial charge in [-0.25, -0.2) is 0 Å². The summed E-state index contributed by atoms with van der Waals surface area (Å²) < 4.78 is 4.86. The molecular weight excluding hydrogens is 763 g/mol. The molecule has 0 atom stereocenters. The van der Waals surface area contributed by atoms with E-state index in [4.69, 9.17) is 0 Å². The Labute approximate surface area is 364 Å². The first-order valence-electron chi connectivity index (χ1n) is 21.7. The fourth-order valence-corrected chi connectivity index (χ4v) is 10.2. The van der Waals surface area contributed by atoms with E-state index in [0.717, 1.165) is 22.7 Å². The van der Waals surface area contributed by atoms with Crippen LogP contribution in [-0.2, 0) is 0 Å². The number of hydrogen-bond acceptors (Lipinski definition) is 1. The SMILES string of the molecule is c1ccc(-c2ccc(N(c3ccc(-c4ccc5c(c4)c4cc(-c6ccccc6)ccc4n5-c4ccccc4)cc3)c3cccc4c3c3cccc5c6ccccc6n4c53)cc2)cc1. The highest BCUT2D eigenvalue weighted by molar-refractivity contribution is 6.26. The van der Waals surface area contributed by atoms with Crippen LogP contribution in [0.3, 0.4) is 0 Å². The standard InChI is InChI=1S/C60H39N3/c1-4-14-40(15-5-1)42-26-32-47(33-27-42)61(57-24-13-25-58-59(57)51-22-12-21-50-49-20-10-11-23-54(49)63(58)60(50)51)48-34-28-43(29-35-48)45-31-37-56-53(39-45)52-38-44(41-16-6-2-7-17-41)30-36-55(52)62(56)46-18-8-3-9-19-46/h1-39H. The van der Waals surface area contributed by atoms with Crippen LogP contribution in [0.1, 0.15) is 0 Å². The van der Waals surface area contributed by atoms with E-state index >= 15 is 0 Å². The van der Waals surface area contributed by atoms with Gasteiger partial charge in [-0.2, -0.15) is 0 Å². The van der Waals surface area contributed by atoms with Gasteiger partial charge in [-0.05, 0) is 112 Å². The number of anilines is 3. The number of rotatable bonds is 7. The van der Waals surface area contributed by atoms with Crippen molar-refractivity contribution in [2.24, 2.45) is 0 Å². The molecule has 13 rings (SSSR count). The fraction of sp³-hybridized carbons (Fsp3) is 0. The summed E-state index contributed by atoms with van der Waals surface area (Å²) in [4.78, 5) is 2.44. The highest BCUT2D eigenvalue weighted by Crippen LogP contribution is 2.47. The van der Waals surface area contributed by atoms with Crippen molar-refractivity contribution in [1.82, 2.24) is 8.97 Å². The van der Waals surface area contributed by atoms with Gasteiger partial charge in [0.05, 0.1) is 33.3 Å². The van der Waals surface area contributed by atoms with Crippen molar-refractivity contribution < 1.29 is 0 Å². The third-order valence-corrected chi connectivity index (χ3v) is 13.0. The smallest absolute Gasteiger partial charge is 0.0621 e. The van der Waals surface area contributed by atoms with Gasteiger partial charge < -0.3 is 13.9 Å². The summed E-state index contributed by atoms with van der Waals surface area (Å²) in [6, 6.07) is 86.3. The molecule has 3 aromatic heterocycles. The molecule has 0 spiro atoms. The molecule has 3 nitrogen and oxygen atoms in total. The van der Waals surface area contributed by atoms with E-state index in [2.05, 4.69) is 250 Å². The highest BCUT2D eigenvalue weighted by atomic mass is 15.1. The average Bonchev–Trinajstić information content (AvgIpc) is 4.01. The van der Waals surface area contributed by atoms with Crippen molar-refractivity contribution in [3.8, 4) is 39.1 Å². The average molecular weight is 802 g/mol. The zero-order chi connectivity index (χ0) is 41.4. The van der Waals surface area contributed by atoms with Crippen molar-refractivity contribution in [2.75, 3.05) is 4.90 Å². The molecule has 0 N–H and O–H groups in total. The molecule has 0 amide bonds. The van der Waals surface area contributed by atoms with E-state index in [0.29, 0.717) is 0 Å². The maximum atomic E-state index is 2.46. The van der Waals surface area contributed by atoms with Crippen LogP contribution in [0.15, 0.2) is 237 Å². The van der Waals surface area contributed by atoms with Crippen LogP contribution in [0.25, 0.3) is 99.0 Å². The second-order valence-corrected chi connectivity index (χ2v) is 16.5. The number of benzene rings is 10. The number of fused-ring (bicyclic) bond motifs is 9. The molecule has 63 heavy (non-hydrogen) atoms. The monoisotopic (exact) mass is 801 g/mol. The van der Waals surface area contributed by atoms with Gasteiger partial charge in [-0.15, -0.1) is 0 Å². The molecule has 0 saturated carbocycles. The molecule has 0 aliphatic carbocycles. The van der Waals surface area contributed by atoms with E-state index < -0.39 is 0 Å². The quantitative estimate of drug-likeness (QED) is 0.156. The summed E-state index contributed by atoms with van der Waals surface area (Å²) in [5.41, 5.74) is 17.8. The lowest BCUT2D eigenvalue weighted by Crippen LogP contribution is -2.10. The molecule has 294 valence electrons. The zero-order valence-electron chi connectivity index (χ0n) is 34.4. The van der Waals surface area contributed by atoms with Gasteiger partial charge in [-0.3, -0.25) is 0 Å². The summed E-state index contributed by atoms with van der Waals surface area (Å²) >= 11 is 0. The van der Waals surface area contributed by atoms with Crippen LogP contribution < -0.4 is 4.90 Å². The van der Waals surface area contributed by atoms with Crippen molar-refractivity contribution >= 4 is 77.0 Å². The first kappa shape index (κ1) is 35.4. The van der Waals surface area contributed by atoms with Gasteiger partial charge in [0.25, 0.3) is 0 Å². The largest absolute Gasteiger partial charge is 0.310 e. The number of hydrogen-bond donors (Lipinski definition) is 0. The molecular formula is C60H39N3. The Bertz CT molecular complexity index is 3810. The molecule has 3 heteroatoms. The number of aromatic nitrogens is 2. The normalized spacial score (nSPS) is 11.8. The Morgan fingerprint density at radius 3 is 1.38 bits per heavy atom. The second-order valence-electron chi connectivity index (χ2n) is 16.5. The first-order valence-corrected chi connectivity index (χ1v) is 21.7. The van der Waals surface area contributed by atoms with Crippen LogP contribution in [-0.4, -0.2) is 8.97 Å². The summed E-state index contributed by atoms with van der Waals surface area (Å²) in [5, 5.41) is 7.55. The molecule has 13 aromatic rings. The van der Waals surface area contributed by atoms with Crippen molar-refractivity contribution in [3.05, 3.63) is 237 Å². The third-order valence-electron chi connectivity index (χ3n) is 13.0. The first-order chi connectivity index (χ1) is 31.3. The minimum absolute atomic E-state index is 1.10. The zero-order valence-corrected chi connectivity index (χ0v) is 34.4. The van der Waals surface area contributed by atoms with Gasteiger partial charge in [-0.1, -0.05) is 158 Å². The Balaban J connectivity index is 0.975. The van der Waals surface area contributed by atoms with Crippen LogP contribution in [0.5, 0.6) is 0 Å². The summed E-state index contributed by atoms with van der Waals surface area (Å²) in [6.45, 7) is 0. The third kappa shape index (κ3) is 5.53. The number of nitrogens with zero attached hydrogens (tertiary/aromatic N) is 3. The Hall–Kier alpha value is -8.40. The van der Waals surface area contributed by atoms with Crippen LogP contribution >= 0.6 is 0 Å². The lowest BCUT2D eigenvalue weighted by atomic mass is 10.00.